The van der Waals surface area contributed by atoms with E-state index < -0.39 is 0 Å². The van der Waals surface area contributed by atoms with E-state index in [1.807, 2.05) is 6.92 Å². The third-order valence-corrected chi connectivity index (χ3v) is 4.77. The minimum Gasteiger partial charge on any atom is -0.347 e. The fourth-order valence-electron chi connectivity index (χ4n) is 2.44. The maximum atomic E-state index is 13.3. The molecule has 1 aliphatic rings. The largest absolute Gasteiger partial charge is 0.347 e. The molecular formula is C14H16ClFN2OS. The second-order valence-electron chi connectivity index (χ2n) is 4.86. The molecule has 0 radical (unpaired) electrons. The van der Waals surface area contributed by atoms with E-state index in [2.05, 4.69) is 10.6 Å². The van der Waals surface area contributed by atoms with Gasteiger partial charge in [0.15, 0.2) is 0 Å². The lowest BCUT2D eigenvalue weighted by Gasteiger charge is -2.10. The minimum absolute atomic E-state index is 0. The zero-order chi connectivity index (χ0) is 13.4. The molecular weight excluding hydrogens is 299 g/mol. The molecule has 1 aliphatic heterocycles. The van der Waals surface area contributed by atoms with E-state index in [4.69, 9.17) is 0 Å². The van der Waals surface area contributed by atoms with Crippen molar-refractivity contribution in [2.24, 2.45) is 0 Å². The van der Waals surface area contributed by atoms with Crippen molar-refractivity contribution in [3.8, 4) is 0 Å². The average molecular weight is 315 g/mol. The van der Waals surface area contributed by atoms with Gasteiger partial charge in [0.05, 0.1) is 4.88 Å². The number of thiophene rings is 1. The number of carbonyl (C=O) groups is 1. The molecule has 1 unspecified atom stereocenters. The molecule has 20 heavy (non-hydrogen) atoms. The number of aryl methyl sites for hydroxylation is 1. The zero-order valence-corrected chi connectivity index (χ0v) is 12.7. The Hall–Kier alpha value is -1.17. The molecule has 0 aliphatic carbocycles. The number of hydrogen-bond donors (Lipinski definition) is 2. The number of carbonyl (C=O) groups excluding carboxylic acids is 1. The van der Waals surface area contributed by atoms with Gasteiger partial charge in [-0.25, -0.2) is 4.39 Å². The number of rotatable bonds is 2. The number of hydrogen-bond acceptors (Lipinski definition) is 3. The van der Waals surface area contributed by atoms with E-state index in [1.54, 1.807) is 6.07 Å². The first kappa shape index (κ1) is 15.2. The molecule has 1 atom stereocenters. The van der Waals surface area contributed by atoms with Crippen molar-refractivity contribution in [1.82, 2.24) is 10.6 Å². The number of benzene rings is 1. The van der Waals surface area contributed by atoms with Crippen LogP contribution in [0.2, 0.25) is 0 Å². The lowest BCUT2D eigenvalue weighted by Crippen LogP contribution is -2.36. The van der Waals surface area contributed by atoms with Crippen LogP contribution in [0.5, 0.6) is 0 Å². The summed E-state index contributed by atoms with van der Waals surface area (Å²) in [6, 6.07) is 4.86. The summed E-state index contributed by atoms with van der Waals surface area (Å²) in [5.74, 6) is -0.312. The fourth-order valence-corrected chi connectivity index (χ4v) is 3.53. The number of nitrogens with one attached hydrogen (secondary N) is 2. The van der Waals surface area contributed by atoms with Crippen molar-refractivity contribution in [2.75, 3.05) is 13.1 Å². The lowest BCUT2D eigenvalue weighted by atomic mass is 10.1. The molecule has 1 saturated heterocycles. The van der Waals surface area contributed by atoms with Crippen LogP contribution in [0.25, 0.3) is 10.1 Å². The van der Waals surface area contributed by atoms with Gasteiger partial charge in [0.2, 0.25) is 0 Å². The van der Waals surface area contributed by atoms with E-state index in [-0.39, 0.29) is 30.2 Å². The van der Waals surface area contributed by atoms with Gasteiger partial charge in [-0.2, -0.15) is 0 Å². The summed E-state index contributed by atoms with van der Waals surface area (Å²) in [4.78, 5) is 12.9. The van der Waals surface area contributed by atoms with Gasteiger partial charge in [0.1, 0.15) is 5.82 Å². The summed E-state index contributed by atoms with van der Waals surface area (Å²) in [6.45, 7) is 3.64. The van der Waals surface area contributed by atoms with E-state index in [9.17, 15) is 9.18 Å². The Balaban J connectivity index is 0.00000147. The first-order chi connectivity index (χ1) is 9.15. The highest BCUT2D eigenvalue weighted by Gasteiger charge is 2.21. The Labute approximate surface area is 127 Å². The third kappa shape index (κ3) is 2.80. The van der Waals surface area contributed by atoms with Gasteiger partial charge in [-0.3, -0.25) is 4.79 Å². The van der Waals surface area contributed by atoms with E-state index in [0.717, 1.165) is 35.2 Å². The van der Waals surface area contributed by atoms with Gasteiger partial charge in [0.25, 0.3) is 5.91 Å². The molecule has 108 valence electrons. The minimum atomic E-state index is -0.264. The van der Waals surface area contributed by atoms with Crippen LogP contribution >= 0.6 is 23.7 Å². The molecule has 6 heteroatoms. The Bertz CT molecular complexity index is 637. The summed E-state index contributed by atoms with van der Waals surface area (Å²) >= 11 is 1.42. The van der Waals surface area contributed by atoms with Crippen LogP contribution in [0.1, 0.15) is 21.7 Å². The van der Waals surface area contributed by atoms with Crippen LogP contribution in [-0.4, -0.2) is 25.0 Å². The van der Waals surface area contributed by atoms with E-state index in [1.165, 1.54) is 23.5 Å². The molecule has 2 N–H and O–H groups in total. The first-order valence-corrected chi connectivity index (χ1v) is 7.17. The number of fused-ring (bicyclic) bond motifs is 1. The zero-order valence-electron chi connectivity index (χ0n) is 11.0. The SMILES string of the molecule is Cc1c(C(=O)NC2CCNC2)sc2ccc(F)cc12.Cl. The van der Waals surface area contributed by atoms with Crippen molar-refractivity contribution in [3.63, 3.8) is 0 Å². The Kier molecular flexibility index (Phi) is 4.62. The van der Waals surface area contributed by atoms with Crippen molar-refractivity contribution in [3.05, 3.63) is 34.5 Å². The van der Waals surface area contributed by atoms with E-state index in [0.29, 0.717) is 4.88 Å². The smallest absolute Gasteiger partial charge is 0.261 e. The average Bonchev–Trinajstić information content (AvgIpc) is 2.98. The standard InChI is InChI=1S/C14H15FN2OS.ClH/c1-8-11-6-9(15)2-3-12(11)19-13(8)14(18)17-10-4-5-16-7-10;/h2-3,6,10,16H,4-5,7H2,1H3,(H,17,18);1H. The van der Waals surface area contributed by atoms with Crippen LogP contribution in [0.4, 0.5) is 4.39 Å². The van der Waals surface area contributed by atoms with Crippen LogP contribution in [0.3, 0.4) is 0 Å². The number of halogens is 2. The molecule has 1 amide bonds. The van der Waals surface area contributed by atoms with Gasteiger partial charge in [-0.05, 0) is 49.0 Å². The van der Waals surface area contributed by atoms with Crippen molar-refractivity contribution >= 4 is 39.7 Å². The lowest BCUT2D eigenvalue weighted by molar-refractivity contribution is 0.0943. The van der Waals surface area contributed by atoms with Gasteiger partial charge in [0, 0.05) is 17.3 Å². The van der Waals surface area contributed by atoms with Crippen molar-refractivity contribution in [2.45, 2.75) is 19.4 Å². The highest BCUT2D eigenvalue weighted by atomic mass is 35.5. The van der Waals surface area contributed by atoms with Gasteiger partial charge in [-0.1, -0.05) is 0 Å². The van der Waals surface area contributed by atoms with Crippen molar-refractivity contribution < 1.29 is 9.18 Å². The Morgan fingerprint density at radius 1 is 1.50 bits per heavy atom. The summed E-state index contributed by atoms with van der Waals surface area (Å²) in [7, 11) is 0. The molecule has 1 aromatic heterocycles. The molecule has 0 spiro atoms. The highest BCUT2D eigenvalue weighted by Crippen LogP contribution is 2.31. The molecule has 2 aromatic rings. The molecule has 0 bridgehead atoms. The summed E-state index contributed by atoms with van der Waals surface area (Å²) < 4.78 is 14.2. The quantitative estimate of drug-likeness (QED) is 0.895. The Morgan fingerprint density at radius 3 is 3.00 bits per heavy atom. The topological polar surface area (TPSA) is 41.1 Å². The van der Waals surface area contributed by atoms with Crippen LogP contribution in [-0.2, 0) is 0 Å². The van der Waals surface area contributed by atoms with Crippen molar-refractivity contribution in [1.29, 1.82) is 0 Å². The predicted octanol–water partition coefficient (Wildman–Crippen LogP) is 2.86. The van der Waals surface area contributed by atoms with E-state index >= 15 is 0 Å². The summed E-state index contributed by atoms with van der Waals surface area (Å²) in [5, 5.41) is 7.08. The molecule has 3 nitrogen and oxygen atoms in total. The van der Waals surface area contributed by atoms with Gasteiger partial charge in [-0.15, -0.1) is 23.7 Å². The molecule has 3 rings (SSSR count). The normalized spacial score (nSPS) is 18.0. The third-order valence-electron chi connectivity index (χ3n) is 3.50. The maximum absolute atomic E-state index is 13.3. The highest BCUT2D eigenvalue weighted by molar-refractivity contribution is 7.21. The maximum Gasteiger partial charge on any atom is 0.261 e. The fraction of sp³-hybridized carbons (Fsp3) is 0.357. The molecule has 1 fully saturated rings. The molecule has 2 heterocycles. The van der Waals surface area contributed by atoms with Gasteiger partial charge < -0.3 is 10.6 Å². The second-order valence-corrected chi connectivity index (χ2v) is 5.91. The summed E-state index contributed by atoms with van der Waals surface area (Å²) in [6.07, 6.45) is 0.963. The first-order valence-electron chi connectivity index (χ1n) is 6.35. The van der Waals surface area contributed by atoms with Gasteiger partial charge >= 0.3 is 0 Å². The summed E-state index contributed by atoms with van der Waals surface area (Å²) in [5.41, 5.74) is 0.864. The predicted molar refractivity (Wildman–Crippen MR) is 82.5 cm³/mol. The van der Waals surface area contributed by atoms with Crippen LogP contribution < -0.4 is 10.6 Å². The van der Waals surface area contributed by atoms with Crippen LogP contribution in [0.15, 0.2) is 18.2 Å². The monoisotopic (exact) mass is 314 g/mol. The molecule has 0 saturated carbocycles. The Morgan fingerprint density at radius 2 is 2.30 bits per heavy atom. The van der Waals surface area contributed by atoms with Crippen LogP contribution in [0, 0.1) is 12.7 Å². The number of amides is 1. The second kappa shape index (κ2) is 6.08. The molecule has 1 aromatic carbocycles.